The van der Waals surface area contributed by atoms with Crippen molar-refractivity contribution in [2.75, 3.05) is 24.2 Å². The molecule has 6 nitrogen and oxygen atoms in total. The van der Waals surface area contributed by atoms with Crippen LogP contribution in [0, 0.1) is 0 Å². The number of nitrogens with one attached hydrogen (secondary N) is 2. The molecule has 0 bridgehead atoms. The minimum absolute atomic E-state index is 0.0439. The molecule has 0 radical (unpaired) electrons. The summed E-state index contributed by atoms with van der Waals surface area (Å²) in [6.07, 6.45) is 0.518. The van der Waals surface area contributed by atoms with Gasteiger partial charge in [0.25, 0.3) is 5.91 Å². The van der Waals surface area contributed by atoms with Crippen LogP contribution in [-0.4, -0.2) is 35.2 Å². The first-order chi connectivity index (χ1) is 8.08. The van der Waals surface area contributed by atoms with Gasteiger partial charge in [0.15, 0.2) is 5.13 Å². The summed E-state index contributed by atoms with van der Waals surface area (Å²) in [6.45, 7) is 4.55. The van der Waals surface area contributed by atoms with Crippen molar-refractivity contribution in [3.63, 3.8) is 0 Å². The summed E-state index contributed by atoms with van der Waals surface area (Å²) in [7, 11) is 0. The van der Waals surface area contributed by atoms with Gasteiger partial charge in [0, 0.05) is 19.2 Å². The summed E-state index contributed by atoms with van der Waals surface area (Å²) in [5, 5.41) is 15.2. The van der Waals surface area contributed by atoms with Gasteiger partial charge in [0.2, 0.25) is 0 Å². The molecule has 0 saturated heterocycles. The number of carbonyl (C=O) groups excluding carboxylic acids is 1. The summed E-state index contributed by atoms with van der Waals surface area (Å²) in [4.78, 5) is 16.3. The number of nitrogens with two attached hydrogens (primary N) is 1. The molecule has 1 rings (SSSR count). The van der Waals surface area contributed by atoms with E-state index in [-0.39, 0.29) is 24.4 Å². The minimum Gasteiger partial charge on any atom is -0.396 e. The van der Waals surface area contributed by atoms with Gasteiger partial charge in [-0.25, -0.2) is 4.98 Å². The maximum atomic E-state index is 11.8. The zero-order valence-corrected chi connectivity index (χ0v) is 10.8. The normalized spacial score (nSPS) is 12.2. The zero-order chi connectivity index (χ0) is 12.8. The Morgan fingerprint density at radius 1 is 1.65 bits per heavy atom. The number of aliphatic hydroxyl groups excluding tert-OH is 1. The zero-order valence-electron chi connectivity index (χ0n) is 9.99. The second-order valence-corrected chi connectivity index (χ2v) is 4.65. The molecule has 5 N–H and O–H groups in total. The fraction of sp³-hybridized carbons (Fsp3) is 0.600. The van der Waals surface area contributed by atoms with E-state index in [0.29, 0.717) is 16.4 Å². The number of thiazole rings is 1. The molecule has 7 heteroatoms. The molecule has 0 saturated carbocycles. The molecule has 0 aromatic carbocycles. The van der Waals surface area contributed by atoms with Gasteiger partial charge >= 0.3 is 0 Å². The number of nitrogen functional groups attached to an aromatic ring is 1. The molecular weight excluding hydrogens is 240 g/mol. The molecule has 1 unspecified atom stereocenters. The number of carbonyl (C=O) groups is 1. The van der Waals surface area contributed by atoms with Gasteiger partial charge in [0.1, 0.15) is 10.7 Å². The predicted octanol–water partition coefficient (Wildman–Crippen LogP) is 0.658. The Balaban J connectivity index is 2.68. The summed E-state index contributed by atoms with van der Waals surface area (Å²) in [5.74, 6) is -0.00949. The number of hydrogen-bond acceptors (Lipinski definition) is 6. The van der Waals surface area contributed by atoms with Crippen molar-refractivity contribution >= 4 is 28.2 Å². The highest BCUT2D eigenvalue weighted by molar-refractivity contribution is 7.18. The largest absolute Gasteiger partial charge is 0.396 e. The van der Waals surface area contributed by atoms with Gasteiger partial charge in [0.05, 0.1) is 0 Å². The van der Waals surface area contributed by atoms with Crippen molar-refractivity contribution in [2.45, 2.75) is 26.3 Å². The Morgan fingerprint density at radius 3 is 2.94 bits per heavy atom. The third kappa shape index (κ3) is 3.86. The van der Waals surface area contributed by atoms with E-state index in [1.807, 2.05) is 13.8 Å². The molecule has 0 aliphatic rings. The summed E-state index contributed by atoms with van der Waals surface area (Å²) in [6, 6.07) is -0.0865. The highest BCUT2D eigenvalue weighted by Gasteiger charge is 2.17. The van der Waals surface area contributed by atoms with Crippen LogP contribution in [-0.2, 0) is 0 Å². The van der Waals surface area contributed by atoms with E-state index in [4.69, 9.17) is 10.8 Å². The molecule has 17 heavy (non-hydrogen) atoms. The molecule has 0 spiro atoms. The van der Waals surface area contributed by atoms with Crippen molar-refractivity contribution in [3.8, 4) is 0 Å². The van der Waals surface area contributed by atoms with Crippen LogP contribution < -0.4 is 16.4 Å². The van der Waals surface area contributed by atoms with Gasteiger partial charge in [-0.3, -0.25) is 4.79 Å². The lowest BCUT2D eigenvalue weighted by Crippen LogP contribution is -2.33. The number of aliphatic hydroxyl groups is 1. The van der Waals surface area contributed by atoms with Gasteiger partial charge in [-0.2, -0.15) is 0 Å². The first-order valence-corrected chi connectivity index (χ1v) is 6.32. The quantitative estimate of drug-likeness (QED) is 0.600. The molecule has 1 aromatic rings. The number of nitrogens with zero attached hydrogens (tertiary/aromatic N) is 1. The van der Waals surface area contributed by atoms with Crippen molar-refractivity contribution in [2.24, 2.45) is 0 Å². The lowest BCUT2D eigenvalue weighted by Gasteiger charge is -2.11. The molecule has 0 aliphatic carbocycles. The van der Waals surface area contributed by atoms with Crippen molar-refractivity contribution in [1.29, 1.82) is 0 Å². The standard InChI is InChI=1S/C10H18N4O2S/c1-3-12-10-14-8(11)7(17-10)9(16)13-6(2)4-5-15/h6,15H,3-5,11H2,1-2H3,(H,12,14)(H,13,16). The Morgan fingerprint density at radius 2 is 2.35 bits per heavy atom. The Bertz CT molecular complexity index is 380. The van der Waals surface area contributed by atoms with Crippen molar-refractivity contribution < 1.29 is 9.90 Å². The summed E-state index contributed by atoms with van der Waals surface area (Å²) in [5.41, 5.74) is 5.67. The first kappa shape index (κ1) is 13.7. The van der Waals surface area contributed by atoms with E-state index in [2.05, 4.69) is 15.6 Å². The highest BCUT2D eigenvalue weighted by atomic mass is 32.1. The SMILES string of the molecule is CCNc1nc(N)c(C(=O)NC(C)CCO)s1. The molecule has 1 heterocycles. The van der Waals surface area contributed by atoms with E-state index >= 15 is 0 Å². The predicted molar refractivity (Wildman–Crippen MR) is 69.3 cm³/mol. The minimum atomic E-state index is -0.245. The van der Waals surface area contributed by atoms with Crippen LogP contribution in [0.3, 0.4) is 0 Å². The average molecular weight is 258 g/mol. The van der Waals surface area contributed by atoms with Gasteiger partial charge in [-0.15, -0.1) is 0 Å². The Hall–Kier alpha value is -1.34. The van der Waals surface area contributed by atoms with Crippen LogP contribution in [0.5, 0.6) is 0 Å². The number of aromatic nitrogens is 1. The van der Waals surface area contributed by atoms with E-state index < -0.39 is 0 Å². The maximum Gasteiger partial charge on any atom is 0.265 e. The Kier molecular flexibility index (Phi) is 5.17. The van der Waals surface area contributed by atoms with E-state index in [1.165, 1.54) is 11.3 Å². The Labute approximate surface area is 104 Å². The van der Waals surface area contributed by atoms with Crippen LogP contribution in [0.25, 0.3) is 0 Å². The van der Waals surface area contributed by atoms with Crippen LogP contribution in [0.4, 0.5) is 10.9 Å². The number of rotatable bonds is 6. The molecule has 1 aromatic heterocycles. The monoisotopic (exact) mass is 258 g/mol. The van der Waals surface area contributed by atoms with E-state index in [9.17, 15) is 4.79 Å². The lowest BCUT2D eigenvalue weighted by molar-refractivity contribution is 0.0939. The third-order valence-electron chi connectivity index (χ3n) is 2.13. The average Bonchev–Trinajstić information content (AvgIpc) is 2.60. The summed E-state index contributed by atoms with van der Waals surface area (Å²) >= 11 is 1.23. The van der Waals surface area contributed by atoms with Crippen molar-refractivity contribution in [3.05, 3.63) is 4.88 Å². The summed E-state index contributed by atoms with van der Waals surface area (Å²) < 4.78 is 0. The van der Waals surface area contributed by atoms with E-state index in [1.54, 1.807) is 0 Å². The third-order valence-corrected chi connectivity index (χ3v) is 3.15. The fourth-order valence-corrected chi connectivity index (χ4v) is 2.13. The van der Waals surface area contributed by atoms with Crippen LogP contribution >= 0.6 is 11.3 Å². The van der Waals surface area contributed by atoms with Crippen LogP contribution in [0.15, 0.2) is 0 Å². The number of amides is 1. The number of hydrogen-bond donors (Lipinski definition) is 4. The molecule has 96 valence electrons. The lowest BCUT2D eigenvalue weighted by atomic mass is 10.2. The molecular formula is C10H18N4O2S. The van der Waals surface area contributed by atoms with Crippen LogP contribution in [0.1, 0.15) is 29.9 Å². The highest BCUT2D eigenvalue weighted by Crippen LogP contribution is 2.24. The number of anilines is 2. The van der Waals surface area contributed by atoms with Gasteiger partial charge < -0.3 is 21.5 Å². The smallest absolute Gasteiger partial charge is 0.265 e. The second kappa shape index (κ2) is 6.41. The molecule has 0 fully saturated rings. The van der Waals surface area contributed by atoms with Crippen LogP contribution in [0.2, 0.25) is 0 Å². The van der Waals surface area contributed by atoms with Gasteiger partial charge in [-0.05, 0) is 20.3 Å². The fourth-order valence-electron chi connectivity index (χ4n) is 1.28. The topological polar surface area (TPSA) is 100 Å². The first-order valence-electron chi connectivity index (χ1n) is 5.50. The maximum absolute atomic E-state index is 11.8. The molecule has 0 aliphatic heterocycles. The second-order valence-electron chi connectivity index (χ2n) is 3.65. The van der Waals surface area contributed by atoms with E-state index in [0.717, 1.165) is 6.54 Å². The molecule has 1 atom stereocenters. The molecule has 1 amide bonds. The van der Waals surface area contributed by atoms with Gasteiger partial charge in [-0.1, -0.05) is 11.3 Å². The van der Waals surface area contributed by atoms with Crippen molar-refractivity contribution in [1.82, 2.24) is 10.3 Å².